The van der Waals surface area contributed by atoms with Gasteiger partial charge in [-0.25, -0.2) is 0 Å². The van der Waals surface area contributed by atoms with Crippen molar-refractivity contribution in [2.24, 2.45) is 0 Å². The van der Waals surface area contributed by atoms with Crippen molar-refractivity contribution in [2.75, 3.05) is 13.6 Å². The molecule has 0 saturated heterocycles. The molecule has 0 spiro atoms. The lowest BCUT2D eigenvalue weighted by Crippen LogP contribution is -2.30. The van der Waals surface area contributed by atoms with Crippen molar-refractivity contribution >= 4 is 5.91 Å². The van der Waals surface area contributed by atoms with Crippen LogP contribution < -0.4 is 4.74 Å². The van der Waals surface area contributed by atoms with Gasteiger partial charge >= 0.3 is 0 Å². The maximum absolute atomic E-state index is 12.1. The molecule has 0 bridgehead atoms. The largest absolute Gasteiger partial charge is 0.491 e. The van der Waals surface area contributed by atoms with E-state index in [1.54, 1.807) is 18.9 Å². The van der Waals surface area contributed by atoms with Gasteiger partial charge in [-0.2, -0.15) is 0 Å². The van der Waals surface area contributed by atoms with Crippen LogP contribution in [0.4, 0.5) is 0 Å². The van der Waals surface area contributed by atoms with Crippen LogP contribution in [0.3, 0.4) is 0 Å². The summed E-state index contributed by atoms with van der Waals surface area (Å²) in [4.78, 5) is 13.7. The second kappa shape index (κ2) is 7.90. The molecule has 0 aromatic heterocycles. The van der Waals surface area contributed by atoms with E-state index in [4.69, 9.17) is 4.74 Å². The van der Waals surface area contributed by atoms with E-state index >= 15 is 0 Å². The highest BCUT2D eigenvalue weighted by Crippen LogP contribution is 2.15. The van der Waals surface area contributed by atoms with Gasteiger partial charge in [0.05, 0.1) is 18.6 Å². The zero-order valence-electron chi connectivity index (χ0n) is 12.8. The lowest BCUT2D eigenvalue weighted by atomic mass is 10.1. The Hall–Kier alpha value is -1.55. The number of nitrogens with zero attached hydrogens (tertiary/aromatic N) is 1. The number of aliphatic hydroxyl groups is 1. The number of rotatable bonds is 7. The standard InChI is InChI=1S/C16H25NO3/c1-12(2)20-15-7-5-6-14(10-15)11-16(19)17(4)9-8-13(3)18/h5-7,10,12-13,18H,8-9,11H2,1-4H3. The highest BCUT2D eigenvalue weighted by Gasteiger charge is 2.11. The third-order valence-corrected chi connectivity index (χ3v) is 2.93. The molecule has 4 nitrogen and oxygen atoms in total. The highest BCUT2D eigenvalue weighted by molar-refractivity contribution is 5.78. The molecule has 0 aliphatic heterocycles. The van der Waals surface area contributed by atoms with Crippen LogP contribution in [0.25, 0.3) is 0 Å². The zero-order valence-corrected chi connectivity index (χ0v) is 12.8. The van der Waals surface area contributed by atoms with E-state index < -0.39 is 0 Å². The molecule has 1 unspecified atom stereocenters. The molecule has 0 aliphatic carbocycles. The van der Waals surface area contributed by atoms with Gasteiger partial charge in [-0.3, -0.25) is 4.79 Å². The third kappa shape index (κ3) is 6.06. The Kier molecular flexibility index (Phi) is 6.52. The fourth-order valence-corrected chi connectivity index (χ4v) is 1.82. The summed E-state index contributed by atoms with van der Waals surface area (Å²) in [5.41, 5.74) is 0.942. The molecule has 1 amide bonds. The van der Waals surface area contributed by atoms with Crippen LogP contribution in [0, 0.1) is 0 Å². The number of hydrogen-bond acceptors (Lipinski definition) is 3. The molecule has 1 aromatic carbocycles. The molecule has 1 rings (SSSR count). The molecule has 0 fully saturated rings. The molecular formula is C16H25NO3. The summed E-state index contributed by atoms with van der Waals surface area (Å²) >= 11 is 0. The van der Waals surface area contributed by atoms with Crippen LogP contribution >= 0.6 is 0 Å². The summed E-state index contributed by atoms with van der Waals surface area (Å²) in [6.45, 7) is 6.24. The molecule has 20 heavy (non-hydrogen) atoms. The minimum atomic E-state index is -0.381. The monoisotopic (exact) mass is 279 g/mol. The molecule has 4 heteroatoms. The minimum absolute atomic E-state index is 0.0485. The normalized spacial score (nSPS) is 12.3. The van der Waals surface area contributed by atoms with Gasteiger partial charge in [0.1, 0.15) is 5.75 Å². The van der Waals surface area contributed by atoms with Gasteiger partial charge in [0.2, 0.25) is 5.91 Å². The minimum Gasteiger partial charge on any atom is -0.491 e. The number of aliphatic hydroxyl groups excluding tert-OH is 1. The van der Waals surface area contributed by atoms with E-state index in [-0.39, 0.29) is 18.1 Å². The number of hydrogen-bond donors (Lipinski definition) is 1. The van der Waals surface area contributed by atoms with Gasteiger partial charge in [-0.05, 0) is 44.9 Å². The maximum Gasteiger partial charge on any atom is 0.226 e. The average molecular weight is 279 g/mol. The summed E-state index contributed by atoms with van der Waals surface area (Å²) in [5.74, 6) is 0.837. The van der Waals surface area contributed by atoms with Crippen LogP contribution in [0.1, 0.15) is 32.8 Å². The fraction of sp³-hybridized carbons (Fsp3) is 0.562. The lowest BCUT2D eigenvalue weighted by molar-refractivity contribution is -0.129. The van der Waals surface area contributed by atoms with Crippen LogP contribution in [-0.2, 0) is 11.2 Å². The molecule has 1 atom stereocenters. The molecule has 1 aromatic rings. The van der Waals surface area contributed by atoms with Gasteiger partial charge in [0.15, 0.2) is 0 Å². The first-order valence-corrected chi connectivity index (χ1v) is 7.06. The Bertz CT molecular complexity index is 429. The molecule has 0 aliphatic rings. The second-order valence-corrected chi connectivity index (χ2v) is 5.44. The van der Waals surface area contributed by atoms with Crippen molar-refractivity contribution in [1.29, 1.82) is 0 Å². The topological polar surface area (TPSA) is 49.8 Å². The summed E-state index contributed by atoms with van der Waals surface area (Å²) in [6, 6.07) is 7.62. The number of likely N-dealkylation sites (N-methyl/N-ethyl adjacent to an activating group) is 1. The summed E-state index contributed by atoms with van der Waals surface area (Å²) in [7, 11) is 1.76. The van der Waals surface area contributed by atoms with Crippen LogP contribution in [0.2, 0.25) is 0 Å². The van der Waals surface area contributed by atoms with Crippen LogP contribution in [0.15, 0.2) is 24.3 Å². The van der Waals surface area contributed by atoms with E-state index in [1.165, 1.54) is 0 Å². The quantitative estimate of drug-likeness (QED) is 0.833. The van der Waals surface area contributed by atoms with Crippen molar-refractivity contribution in [3.8, 4) is 5.75 Å². The molecular weight excluding hydrogens is 254 g/mol. The van der Waals surface area contributed by atoms with Crippen molar-refractivity contribution in [3.05, 3.63) is 29.8 Å². The lowest BCUT2D eigenvalue weighted by Gasteiger charge is -2.18. The Morgan fingerprint density at radius 3 is 2.65 bits per heavy atom. The average Bonchev–Trinajstić information content (AvgIpc) is 2.35. The first-order chi connectivity index (χ1) is 9.38. The first kappa shape index (κ1) is 16.5. The van der Waals surface area contributed by atoms with E-state index in [0.717, 1.165) is 11.3 Å². The molecule has 1 N–H and O–H groups in total. The van der Waals surface area contributed by atoms with Crippen molar-refractivity contribution in [3.63, 3.8) is 0 Å². The number of amides is 1. The van der Waals surface area contributed by atoms with Gasteiger partial charge in [0.25, 0.3) is 0 Å². The predicted molar refractivity (Wildman–Crippen MR) is 79.8 cm³/mol. The second-order valence-electron chi connectivity index (χ2n) is 5.44. The smallest absolute Gasteiger partial charge is 0.226 e. The Labute approximate surface area is 121 Å². The Balaban J connectivity index is 2.56. The number of carbonyl (C=O) groups excluding carboxylic acids is 1. The van der Waals surface area contributed by atoms with Gasteiger partial charge in [0, 0.05) is 13.6 Å². The summed E-state index contributed by atoms with van der Waals surface area (Å²) < 4.78 is 5.62. The van der Waals surface area contributed by atoms with E-state index in [2.05, 4.69) is 0 Å². The molecule has 112 valence electrons. The Morgan fingerprint density at radius 1 is 1.35 bits per heavy atom. The molecule has 0 heterocycles. The third-order valence-electron chi connectivity index (χ3n) is 2.93. The summed E-state index contributed by atoms with van der Waals surface area (Å²) in [6.07, 6.45) is 0.687. The number of benzene rings is 1. The van der Waals surface area contributed by atoms with Crippen molar-refractivity contribution in [2.45, 2.75) is 45.8 Å². The first-order valence-electron chi connectivity index (χ1n) is 7.06. The van der Waals surface area contributed by atoms with Gasteiger partial charge < -0.3 is 14.7 Å². The molecule has 0 radical (unpaired) electrons. The SMILES string of the molecule is CC(O)CCN(C)C(=O)Cc1cccc(OC(C)C)c1. The van der Waals surface area contributed by atoms with Crippen LogP contribution in [-0.4, -0.2) is 41.7 Å². The van der Waals surface area contributed by atoms with Crippen LogP contribution in [0.5, 0.6) is 5.75 Å². The van der Waals surface area contributed by atoms with Gasteiger partial charge in [-0.1, -0.05) is 12.1 Å². The van der Waals surface area contributed by atoms with E-state index in [1.807, 2.05) is 38.1 Å². The van der Waals surface area contributed by atoms with E-state index in [0.29, 0.717) is 19.4 Å². The van der Waals surface area contributed by atoms with Gasteiger partial charge in [-0.15, -0.1) is 0 Å². The maximum atomic E-state index is 12.1. The predicted octanol–water partition coefficient (Wildman–Crippen LogP) is 2.25. The fourth-order valence-electron chi connectivity index (χ4n) is 1.82. The van der Waals surface area contributed by atoms with E-state index in [9.17, 15) is 9.90 Å². The Morgan fingerprint density at radius 2 is 2.05 bits per heavy atom. The summed E-state index contributed by atoms with van der Waals surface area (Å²) in [5, 5.41) is 9.24. The zero-order chi connectivity index (χ0) is 15.1. The number of ether oxygens (including phenoxy) is 1. The van der Waals surface area contributed by atoms with Crippen molar-refractivity contribution in [1.82, 2.24) is 4.90 Å². The number of carbonyl (C=O) groups is 1. The molecule has 0 saturated carbocycles. The van der Waals surface area contributed by atoms with Crippen molar-refractivity contribution < 1.29 is 14.6 Å². The highest BCUT2D eigenvalue weighted by atomic mass is 16.5.